The van der Waals surface area contributed by atoms with Crippen molar-refractivity contribution < 1.29 is 13.2 Å². The number of nitrogens with one attached hydrogen (secondary N) is 1. The van der Waals surface area contributed by atoms with Crippen LogP contribution in [-0.2, 0) is 16.4 Å². The molecule has 0 saturated heterocycles. The minimum Gasteiger partial charge on any atom is -0.494 e. The van der Waals surface area contributed by atoms with Crippen LogP contribution in [0.25, 0.3) is 4.91 Å². The van der Waals surface area contributed by atoms with Crippen LogP contribution in [0.5, 0.6) is 5.75 Å². The molecule has 0 fully saturated rings. The number of amidine groups is 1. The van der Waals surface area contributed by atoms with E-state index in [4.69, 9.17) is 4.74 Å². The summed E-state index contributed by atoms with van der Waals surface area (Å²) in [5.74, 6) is 1.27. The molecular weight excluding hydrogens is 360 g/mol. The topological polar surface area (TPSA) is 67.8 Å². The number of aliphatic imine (C=N–C) groups is 1. The zero-order chi connectivity index (χ0) is 19.4. The highest BCUT2D eigenvalue weighted by atomic mass is 32.2. The van der Waals surface area contributed by atoms with E-state index in [9.17, 15) is 8.42 Å². The molecule has 5 nitrogen and oxygen atoms in total. The second kappa shape index (κ2) is 7.96. The number of rotatable bonds is 6. The Kier molecular flexibility index (Phi) is 5.65. The number of aryl methyl sites for hydroxylation is 1. The summed E-state index contributed by atoms with van der Waals surface area (Å²) in [5.41, 5.74) is 3.56. The molecule has 0 spiro atoms. The maximum Gasteiger partial charge on any atom is 0.264 e. The van der Waals surface area contributed by atoms with Crippen LogP contribution in [0.15, 0.2) is 59.1 Å². The fraction of sp³-hybridized carbons (Fsp3) is 0.286. The van der Waals surface area contributed by atoms with Crippen LogP contribution >= 0.6 is 0 Å². The maximum atomic E-state index is 12.5. The van der Waals surface area contributed by atoms with Crippen molar-refractivity contribution in [1.82, 2.24) is 4.72 Å². The number of ether oxygens (including phenoxy) is 1. The van der Waals surface area contributed by atoms with Crippen molar-refractivity contribution in [3.05, 3.63) is 70.8 Å². The van der Waals surface area contributed by atoms with Crippen molar-refractivity contribution in [2.45, 2.75) is 27.2 Å². The van der Waals surface area contributed by atoms with Crippen LogP contribution in [0.2, 0.25) is 0 Å². The number of hydrogen-bond acceptors (Lipinski definition) is 4. The largest absolute Gasteiger partial charge is 0.494 e. The van der Waals surface area contributed by atoms with Gasteiger partial charge in [0.05, 0.1) is 6.61 Å². The van der Waals surface area contributed by atoms with Gasteiger partial charge in [0.1, 0.15) is 16.5 Å². The lowest BCUT2D eigenvalue weighted by molar-refractivity contribution is 0.340. The van der Waals surface area contributed by atoms with Crippen molar-refractivity contribution >= 4 is 20.8 Å². The number of sulfonamides is 1. The zero-order valence-corrected chi connectivity index (χ0v) is 16.6. The van der Waals surface area contributed by atoms with Gasteiger partial charge in [-0.05, 0) is 50.5 Å². The Hall–Kier alpha value is -2.60. The van der Waals surface area contributed by atoms with E-state index in [1.807, 2.05) is 62.4 Å². The second-order valence-corrected chi connectivity index (χ2v) is 8.10. The molecular formula is C21H24N2O3S. The Morgan fingerprint density at radius 1 is 1.00 bits per heavy atom. The molecule has 0 amide bonds. The van der Waals surface area contributed by atoms with Crippen molar-refractivity contribution in [2.75, 3.05) is 13.2 Å². The van der Waals surface area contributed by atoms with E-state index in [2.05, 4.69) is 9.71 Å². The molecule has 2 aromatic carbocycles. The molecule has 142 valence electrons. The summed E-state index contributed by atoms with van der Waals surface area (Å²) in [6.45, 7) is 6.86. The van der Waals surface area contributed by atoms with Gasteiger partial charge in [-0.1, -0.05) is 42.0 Å². The summed E-state index contributed by atoms with van der Waals surface area (Å²) >= 11 is 0. The average Bonchev–Trinajstić information content (AvgIpc) is 2.86. The molecule has 3 rings (SSSR count). The fourth-order valence-corrected chi connectivity index (χ4v) is 4.53. The van der Waals surface area contributed by atoms with E-state index in [-0.39, 0.29) is 0 Å². The van der Waals surface area contributed by atoms with Gasteiger partial charge in [-0.15, -0.1) is 0 Å². The van der Waals surface area contributed by atoms with Crippen LogP contribution in [0.4, 0.5) is 0 Å². The summed E-state index contributed by atoms with van der Waals surface area (Å²) in [6, 6.07) is 15.4. The van der Waals surface area contributed by atoms with Crippen molar-refractivity contribution in [3.8, 4) is 5.75 Å². The van der Waals surface area contributed by atoms with Crippen LogP contribution < -0.4 is 9.46 Å². The molecule has 2 aromatic rings. The Balaban J connectivity index is 1.75. The predicted octanol–water partition coefficient (Wildman–Crippen LogP) is 3.70. The first-order chi connectivity index (χ1) is 12.9. The molecule has 0 radical (unpaired) electrons. The lowest BCUT2D eigenvalue weighted by Crippen LogP contribution is -2.24. The summed E-state index contributed by atoms with van der Waals surface area (Å²) in [5, 5.41) is 0. The SMILES string of the molecule is CCOc1ccc(CCN=C2NS(=O)(=O)C(c3ccc(C)cc3)=C2C)cc1. The van der Waals surface area contributed by atoms with E-state index in [1.165, 1.54) is 0 Å². The Morgan fingerprint density at radius 3 is 2.30 bits per heavy atom. The number of benzene rings is 2. The fourth-order valence-electron chi connectivity index (χ4n) is 3.01. The third kappa shape index (κ3) is 4.39. The van der Waals surface area contributed by atoms with Gasteiger partial charge in [-0.25, -0.2) is 8.42 Å². The van der Waals surface area contributed by atoms with Crippen molar-refractivity contribution in [3.63, 3.8) is 0 Å². The number of hydrogen-bond donors (Lipinski definition) is 1. The minimum atomic E-state index is -3.58. The van der Waals surface area contributed by atoms with Gasteiger partial charge in [0.15, 0.2) is 0 Å². The van der Waals surface area contributed by atoms with Crippen LogP contribution in [0.1, 0.15) is 30.5 Å². The van der Waals surface area contributed by atoms with Gasteiger partial charge in [-0.3, -0.25) is 9.71 Å². The Labute approximate surface area is 160 Å². The predicted molar refractivity (Wildman–Crippen MR) is 109 cm³/mol. The molecule has 0 aromatic heterocycles. The first-order valence-electron chi connectivity index (χ1n) is 8.98. The van der Waals surface area contributed by atoms with Gasteiger partial charge in [0, 0.05) is 12.1 Å². The highest BCUT2D eigenvalue weighted by Crippen LogP contribution is 2.29. The molecule has 0 saturated carbocycles. The van der Waals surface area contributed by atoms with Gasteiger partial charge in [0.2, 0.25) is 0 Å². The first-order valence-corrected chi connectivity index (χ1v) is 10.5. The molecule has 0 aliphatic carbocycles. The molecule has 6 heteroatoms. The van der Waals surface area contributed by atoms with E-state index in [0.717, 1.165) is 23.3 Å². The van der Waals surface area contributed by atoms with Crippen LogP contribution in [-0.4, -0.2) is 27.4 Å². The van der Waals surface area contributed by atoms with Crippen molar-refractivity contribution in [1.29, 1.82) is 0 Å². The summed E-state index contributed by atoms with van der Waals surface area (Å²) in [7, 11) is -3.58. The number of nitrogens with zero attached hydrogens (tertiary/aromatic N) is 1. The molecule has 1 N–H and O–H groups in total. The molecule has 1 aliphatic heterocycles. The second-order valence-electron chi connectivity index (χ2n) is 6.48. The van der Waals surface area contributed by atoms with E-state index in [0.29, 0.717) is 35.0 Å². The van der Waals surface area contributed by atoms with E-state index < -0.39 is 10.0 Å². The monoisotopic (exact) mass is 384 g/mol. The highest BCUT2D eigenvalue weighted by molar-refractivity contribution is 8.00. The molecule has 1 aliphatic rings. The van der Waals surface area contributed by atoms with Gasteiger partial charge >= 0.3 is 0 Å². The van der Waals surface area contributed by atoms with Gasteiger partial charge in [0.25, 0.3) is 10.0 Å². The molecule has 1 heterocycles. The van der Waals surface area contributed by atoms with E-state index in [1.54, 1.807) is 6.92 Å². The quantitative estimate of drug-likeness (QED) is 0.826. The Morgan fingerprint density at radius 2 is 1.67 bits per heavy atom. The summed E-state index contributed by atoms with van der Waals surface area (Å²) in [4.78, 5) is 4.79. The first kappa shape index (κ1) is 19.2. The summed E-state index contributed by atoms with van der Waals surface area (Å²) in [6.07, 6.45) is 0.727. The molecule has 27 heavy (non-hydrogen) atoms. The maximum absolute atomic E-state index is 12.5. The third-order valence-corrected chi connectivity index (χ3v) is 5.96. The Bertz CT molecular complexity index is 973. The average molecular weight is 385 g/mol. The van der Waals surface area contributed by atoms with Gasteiger partial charge in [-0.2, -0.15) is 0 Å². The highest BCUT2D eigenvalue weighted by Gasteiger charge is 2.32. The minimum absolute atomic E-state index is 0.308. The molecule has 0 unspecified atom stereocenters. The van der Waals surface area contributed by atoms with E-state index >= 15 is 0 Å². The normalized spacial score (nSPS) is 17.2. The van der Waals surface area contributed by atoms with Crippen LogP contribution in [0.3, 0.4) is 0 Å². The van der Waals surface area contributed by atoms with Crippen molar-refractivity contribution in [2.24, 2.45) is 4.99 Å². The smallest absolute Gasteiger partial charge is 0.264 e. The molecule has 0 atom stereocenters. The zero-order valence-electron chi connectivity index (χ0n) is 15.8. The lowest BCUT2D eigenvalue weighted by atomic mass is 10.1. The van der Waals surface area contributed by atoms with Crippen LogP contribution in [0, 0.1) is 6.92 Å². The standard InChI is InChI=1S/C21H24N2O3S/c1-4-26-19-11-7-17(8-12-19)13-14-22-21-16(3)20(27(24,25)23-21)18-9-5-15(2)6-10-18/h5-12H,4,13-14H2,1-3H3,(H,22,23). The van der Waals surface area contributed by atoms with Gasteiger partial charge < -0.3 is 4.74 Å². The third-order valence-electron chi connectivity index (χ3n) is 4.41. The summed E-state index contributed by atoms with van der Waals surface area (Å²) < 4.78 is 33.1. The lowest BCUT2D eigenvalue weighted by Gasteiger charge is -2.04. The molecule has 0 bridgehead atoms.